The maximum absolute atomic E-state index is 4.69. The van der Waals surface area contributed by atoms with E-state index in [0.29, 0.717) is 6.04 Å². The van der Waals surface area contributed by atoms with Gasteiger partial charge in [0, 0.05) is 37.6 Å². The molecule has 0 aromatic carbocycles. The lowest BCUT2D eigenvalue weighted by Gasteiger charge is -2.30. The molecule has 4 nitrogen and oxygen atoms in total. The molecule has 3 rings (SSSR count). The van der Waals surface area contributed by atoms with Crippen molar-refractivity contribution in [2.24, 2.45) is 0 Å². The first kappa shape index (κ1) is 17.1. The van der Waals surface area contributed by atoms with Gasteiger partial charge in [-0.05, 0) is 57.1 Å². The second kappa shape index (κ2) is 8.36. The number of aryl methyl sites for hydroxylation is 1. The molecule has 0 saturated carbocycles. The normalized spacial score (nSPS) is 18.4. The molecular weight excluding hydrogens is 296 g/mol. The van der Waals surface area contributed by atoms with Gasteiger partial charge in [0.1, 0.15) is 0 Å². The molecule has 1 unspecified atom stereocenters. The van der Waals surface area contributed by atoms with Crippen LogP contribution in [0.2, 0.25) is 0 Å². The molecule has 0 amide bonds. The summed E-state index contributed by atoms with van der Waals surface area (Å²) in [7, 11) is 0. The van der Waals surface area contributed by atoms with E-state index in [1.165, 1.54) is 19.4 Å². The number of hydrogen-bond donors (Lipinski definition) is 0. The summed E-state index contributed by atoms with van der Waals surface area (Å²) in [5.74, 6) is 0. The van der Waals surface area contributed by atoms with Crippen molar-refractivity contribution < 1.29 is 0 Å². The van der Waals surface area contributed by atoms with Gasteiger partial charge in [0.15, 0.2) is 0 Å². The Morgan fingerprint density at radius 2 is 1.96 bits per heavy atom. The van der Waals surface area contributed by atoms with E-state index in [1.54, 1.807) is 0 Å². The third kappa shape index (κ3) is 4.62. The molecule has 1 aliphatic heterocycles. The molecule has 2 aromatic heterocycles. The first-order valence-electron chi connectivity index (χ1n) is 9.03. The number of likely N-dealkylation sites (tertiary alicyclic amines) is 1. The zero-order chi connectivity index (χ0) is 16.8. The van der Waals surface area contributed by atoms with Gasteiger partial charge in [0.05, 0.1) is 11.4 Å². The lowest BCUT2D eigenvalue weighted by Crippen LogP contribution is -2.40. The van der Waals surface area contributed by atoms with Crippen LogP contribution in [0.3, 0.4) is 0 Å². The Morgan fingerprint density at radius 1 is 1.12 bits per heavy atom. The molecular formula is C20H28N4. The van der Waals surface area contributed by atoms with Gasteiger partial charge < -0.3 is 0 Å². The van der Waals surface area contributed by atoms with E-state index in [4.69, 9.17) is 4.98 Å². The van der Waals surface area contributed by atoms with Crippen LogP contribution in [0.1, 0.15) is 36.8 Å². The van der Waals surface area contributed by atoms with Gasteiger partial charge in [-0.1, -0.05) is 19.1 Å². The highest BCUT2D eigenvalue weighted by Gasteiger charge is 2.25. The monoisotopic (exact) mass is 324 g/mol. The summed E-state index contributed by atoms with van der Waals surface area (Å²) in [5, 5.41) is 0. The summed E-state index contributed by atoms with van der Waals surface area (Å²) >= 11 is 0. The van der Waals surface area contributed by atoms with Crippen molar-refractivity contribution in [2.45, 2.75) is 45.8 Å². The van der Waals surface area contributed by atoms with Crippen molar-refractivity contribution in [3.8, 4) is 0 Å². The number of aromatic nitrogens is 2. The van der Waals surface area contributed by atoms with Crippen LogP contribution in [0.5, 0.6) is 0 Å². The maximum Gasteiger partial charge on any atom is 0.0547 e. The minimum atomic E-state index is 0.656. The number of hydrogen-bond acceptors (Lipinski definition) is 4. The topological polar surface area (TPSA) is 32.3 Å². The van der Waals surface area contributed by atoms with Crippen molar-refractivity contribution in [1.29, 1.82) is 0 Å². The van der Waals surface area contributed by atoms with Crippen LogP contribution in [0, 0.1) is 6.92 Å². The average Bonchev–Trinajstić information content (AvgIpc) is 3.03. The Labute approximate surface area is 145 Å². The lowest BCUT2D eigenvalue weighted by molar-refractivity contribution is 0.163. The van der Waals surface area contributed by atoms with Crippen LogP contribution in [0.4, 0.5) is 0 Å². The van der Waals surface area contributed by atoms with Gasteiger partial charge in [-0.2, -0.15) is 0 Å². The smallest absolute Gasteiger partial charge is 0.0547 e. The number of rotatable bonds is 7. The molecule has 0 spiro atoms. The minimum Gasteiger partial charge on any atom is -0.299 e. The largest absolute Gasteiger partial charge is 0.299 e. The quantitative estimate of drug-likeness (QED) is 0.782. The van der Waals surface area contributed by atoms with Gasteiger partial charge in [0.25, 0.3) is 0 Å². The predicted octanol–water partition coefficient (Wildman–Crippen LogP) is 3.27. The van der Waals surface area contributed by atoms with E-state index in [1.807, 2.05) is 12.3 Å². The molecule has 0 radical (unpaired) electrons. The Kier molecular flexibility index (Phi) is 5.94. The summed E-state index contributed by atoms with van der Waals surface area (Å²) in [6.07, 6.45) is 4.50. The van der Waals surface area contributed by atoms with Crippen molar-refractivity contribution in [2.75, 3.05) is 19.6 Å². The first-order valence-corrected chi connectivity index (χ1v) is 9.03. The number of likely N-dealkylation sites (N-methyl/N-ethyl adjacent to an activating group) is 1. The second-order valence-corrected chi connectivity index (χ2v) is 6.69. The van der Waals surface area contributed by atoms with E-state index in [0.717, 1.165) is 43.3 Å². The molecule has 0 aliphatic carbocycles. The average molecular weight is 324 g/mol. The second-order valence-electron chi connectivity index (χ2n) is 6.69. The van der Waals surface area contributed by atoms with E-state index in [-0.39, 0.29) is 0 Å². The van der Waals surface area contributed by atoms with Gasteiger partial charge in [-0.25, -0.2) is 0 Å². The van der Waals surface area contributed by atoms with Crippen LogP contribution in [-0.4, -0.2) is 45.4 Å². The highest BCUT2D eigenvalue weighted by Crippen LogP contribution is 2.19. The predicted molar refractivity (Wildman–Crippen MR) is 97.6 cm³/mol. The van der Waals surface area contributed by atoms with Crippen LogP contribution < -0.4 is 0 Å². The molecule has 128 valence electrons. The molecule has 1 aliphatic rings. The SMILES string of the molecule is CCN1CCCC1CN(Cc1ccccn1)Cc1cccc(C)n1. The van der Waals surface area contributed by atoms with Crippen molar-refractivity contribution in [1.82, 2.24) is 19.8 Å². The lowest BCUT2D eigenvalue weighted by atomic mass is 10.2. The van der Waals surface area contributed by atoms with E-state index in [2.05, 4.69) is 59.0 Å². The minimum absolute atomic E-state index is 0.656. The fourth-order valence-corrected chi connectivity index (χ4v) is 3.64. The highest BCUT2D eigenvalue weighted by molar-refractivity contribution is 5.10. The van der Waals surface area contributed by atoms with Crippen molar-refractivity contribution >= 4 is 0 Å². The van der Waals surface area contributed by atoms with E-state index in [9.17, 15) is 0 Å². The third-order valence-corrected chi connectivity index (χ3v) is 4.82. The Morgan fingerprint density at radius 3 is 2.71 bits per heavy atom. The highest BCUT2D eigenvalue weighted by atomic mass is 15.2. The molecule has 1 fully saturated rings. The van der Waals surface area contributed by atoms with Gasteiger partial charge >= 0.3 is 0 Å². The van der Waals surface area contributed by atoms with Crippen LogP contribution in [0.25, 0.3) is 0 Å². The molecule has 0 N–H and O–H groups in total. The van der Waals surface area contributed by atoms with Crippen LogP contribution in [-0.2, 0) is 13.1 Å². The summed E-state index contributed by atoms with van der Waals surface area (Å²) < 4.78 is 0. The molecule has 0 bridgehead atoms. The Balaban J connectivity index is 1.72. The summed E-state index contributed by atoms with van der Waals surface area (Å²) in [5.41, 5.74) is 3.36. The fraction of sp³-hybridized carbons (Fsp3) is 0.500. The van der Waals surface area contributed by atoms with E-state index < -0.39 is 0 Å². The van der Waals surface area contributed by atoms with Crippen LogP contribution in [0.15, 0.2) is 42.6 Å². The molecule has 1 saturated heterocycles. The molecule has 4 heteroatoms. The van der Waals surface area contributed by atoms with Crippen molar-refractivity contribution in [3.05, 3.63) is 59.7 Å². The maximum atomic E-state index is 4.69. The van der Waals surface area contributed by atoms with Gasteiger partial charge in [-0.3, -0.25) is 19.8 Å². The zero-order valence-corrected chi connectivity index (χ0v) is 14.9. The summed E-state index contributed by atoms with van der Waals surface area (Å²) in [6, 6.07) is 13.1. The van der Waals surface area contributed by atoms with Crippen LogP contribution >= 0.6 is 0 Å². The third-order valence-electron chi connectivity index (χ3n) is 4.82. The van der Waals surface area contributed by atoms with Gasteiger partial charge in [-0.15, -0.1) is 0 Å². The molecule has 3 heterocycles. The van der Waals surface area contributed by atoms with E-state index >= 15 is 0 Å². The first-order chi connectivity index (χ1) is 11.7. The Hall–Kier alpha value is -1.78. The van der Waals surface area contributed by atoms with Gasteiger partial charge in [0.2, 0.25) is 0 Å². The molecule has 2 aromatic rings. The summed E-state index contributed by atoms with van der Waals surface area (Å²) in [4.78, 5) is 14.3. The molecule has 1 atom stereocenters. The number of nitrogens with zero attached hydrogens (tertiary/aromatic N) is 4. The van der Waals surface area contributed by atoms with Crippen molar-refractivity contribution in [3.63, 3.8) is 0 Å². The summed E-state index contributed by atoms with van der Waals surface area (Å²) in [6.45, 7) is 9.55. The standard InChI is InChI=1S/C20H28N4/c1-3-24-13-7-11-20(24)16-23(14-18-9-4-5-12-21-18)15-19-10-6-8-17(2)22-19/h4-6,8-10,12,20H,3,7,11,13-16H2,1-2H3. The number of pyridine rings is 2. The zero-order valence-electron chi connectivity index (χ0n) is 14.9. The fourth-order valence-electron chi connectivity index (χ4n) is 3.64. The molecule has 24 heavy (non-hydrogen) atoms. The Bertz CT molecular complexity index is 629.